The van der Waals surface area contributed by atoms with E-state index in [0.29, 0.717) is 0 Å². The fourth-order valence-corrected chi connectivity index (χ4v) is 5.65. The summed E-state index contributed by atoms with van der Waals surface area (Å²) in [6.07, 6.45) is 6.35. The van der Waals surface area contributed by atoms with Crippen molar-refractivity contribution in [2.45, 2.75) is 32.1 Å². The van der Waals surface area contributed by atoms with E-state index in [1.165, 1.54) is 46.6 Å². The molecule has 28 heavy (non-hydrogen) atoms. The van der Waals surface area contributed by atoms with E-state index in [-0.39, 0.29) is 40.7 Å². The van der Waals surface area contributed by atoms with Crippen LogP contribution in [0.15, 0.2) is 60.7 Å². The van der Waals surface area contributed by atoms with E-state index in [1.54, 1.807) is 0 Å². The molecule has 2 aromatic carbocycles. The molecule has 6 heteroatoms. The molecule has 0 saturated heterocycles. The van der Waals surface area contributed by atoms with Crippen molar-refractivity contribution in [3.8, 4) is 0 Å². The van der Waals surface area contributed by atoms with Gasteiger partial charge in [0, 0.05) is 0 Å². The second kappa shape index (κ2) is 19.2. The van der Waals surface area contributed by atoms with Gasteiger partial charge in [-0.15, -0.1) is 24.8 Å². The molecule has 1 aliphatic carbocycles. The maximum absolute atomic E-state index is 10.4. The van der Waals surface area contributed by atoms with Crippen molar-refractivity contribution in [3.05, 3.63) is 60.7 Å². The van der Waals surface area contributed by atoms with Gasteiger partial charge < -0.3 is 0 Å². The van der Waals surface area contributed by atoms with Crippen LogP contribution >= 0.6 is 40.7 Å². The van der Waals surface area contributed by atoms with Gasteiger partial charge in [0.15, 0.2) is 0 Å². The number of rotatable bonds is 2. The molecule has 0 heterocycles. The maximum atomic E-state index is 10.4. The van der Waals surface area contributed by atoms with Crippen LogP contribution in [0.5, 0.6) is 0 Å². The molecule has 1 fully saturated rings. The first-order valence-electron chi connectivity index (χ1n) is 9.14. The Kier molecular flexibility index (Phi) is 20.9. The Bertz CT molecular complexity index is 609. The molecule has 0 unspecified atom stereocenters. The van der Waals surface area contributed by atoms with Crippen LogP contribution in [-0.2, 0) is 21.5 Å². The SMILES string of the molecule is CP(C)c1ccccc1.CP(C)c1ccccc1.Cl.Cl.[O]=[W]=[C]1CCCCC1. The average molecular weight is 631 g/mol. The minimum atomic E-state index is -1.17. The Morgan fingerprint density at radius 3 is 1.21 bits per heavy atom. The molecule has 3 rings (SSSR count). The van der Waals surface area contributed by atoms with Crippen LogP contribution in [0, 0.1) is 0 Å². The van der Waals surface area contributed by atoms with E-state index in [9.17, 15) is 3.40 Å². The Labute approximate surface area is 195 Å². The number of halogens is 2. The quantitative estimate of drug-likeness (QED) is 0.346. The van der Waals surface area contributed by atoms with E-state index in [4.69, 9.17) is 0 Å². The van der Waals surface area contributed by atoms with Gasteiger partial charge in [-0.3, -0.25) is 0 Å². The molecular formula is C22H34Cl2OP2W. The Morgan fingerprint density at radius 2 is 1.00 bits per heavy atom. The first kappa shape index (κ1) is 30.4. The van der Waals surface area contributed by atoms with Gasteiger partial charge in [-0.2, -0.15) is 0 Å². The van der Waals surface area contributed by atoms with Gasteiger partial charge in [-0.05, 0) is 37.3 Å². The van der Waals surface area contributed by atoms with Gasteiger partial charge in [-0.1, -0.05) is 76.5 Å². The van der Waals surface area contributed by atoms with Gasteiger partial charge in [-0.25, -0.2) is 0 Å². The van der Waals surface area contributed by atoms with Crippen LogP contribution in [-0.4, -0.2) is 30.6 Å². The standard InChI is InChI=1S/2C8H11P.C6H10.2ClH.O.W/c2*1-9(2)8-6-4-3-5-7-8;1-2-4-6-5-3-1;;;;/h2*3-7H,1-2H3;1-5H2;2*1H;;. The minimum absolute atomic E-state index is 0. The van der Waals surface area contributed by atoms with Crippen molar-refractivity contribution in [2.24, 2.45) is 0 Å². The van der Waals surface area contributed by atoms with E-state index in [1.807, 2.05) is 0 Å². The van der Waals surface area contributed by atoms with E-state index < -0.39 is 18.1 Å². The van der Waals surface area contributed by atoms with E-state index in [2.05, 4.69) is 87.3 Å². The number of benzene rings is 2. The third-order valence-corrected chi connectivity index (χ3v) is 9.05. The Hall–Kier alpha value is 0.238. The topological polar surface area (TPSA) is 17.1 Å². The van der Waals surface area contributed by atoms with Crippen molar-refractivity contribution in [1.29, 1.82) is 0 Å². The summed E-state index contributed by atoms with van der Waals surface area (Å²) in [6.45, 7) is 9.07. The third-order valence-electron chi connectivity index (χ3n) is 4.07. The molecule has 0 amide bonds. The molecule has 158 valence electrons. The summed E-state index contributed by atoms with van der Waals surface area (Å²) in [5.41, 5.74) is 0. The van der Waals surface area contributed by atoms with E-state index in [0.717, 1.165) is 0 Å². The molecule has 1 nitrogen and oxygen atoms in total. The second-order valence-electron chi connectivity index (χ2n) is 6.64. The molecule has 2 aromatic rings. The molecule has 0 spiro atoms. The van der Waals surface area contributed by atoms with Crippen LogP contribution in [0.1, 0.15) is 32.1 Å². The summed E-state index contributed by atoms with van der Waals surface area (Å²) in [7, 11) is 0.209. The van der Waals surface area contributed by atoms with Crippen LogP contribution in [0.25, 0.3) is 0 Å². The molecule has 1 saturated carbocycles. The van der Waals surface area contributed by atoms with Crippen molar-refractivity contribution in [2.75, 3.05) is 26.7 Å². The van der Waals surface area contributed by atoms with Crippen LogP contribution in [0.4, 0.5) is 0 Å². The predicted octanol–water partition coefficient (Wildman–Crippen LogP) is 6.50. The summed E-state index contributed by atoms with van der Waals surface area (Å²) in [4.78, 5) is 0. The molecule has 0 atom stereocenters. The second-order valence-corrected chi connectivity index (χ2v) is 13.9. The fourth-order valence-electron chi connectivity index (χ4n) is 2.48. The summed E-state index contributed by atoms with van der Waals surface area (Å²) in [5.74, 6) is 0. The predicted molar refractivity (Wildman–Crippen MR) is 133 cm³/mol. The molecule has 0 radical (unpaired) electrons. The number of hydrogen-bond donors (Lipinski definition) is 0. The summed E-state index contributed by atoms with van der Waals surface area (Å²) in [6, 6.07) is 21.2. The first-order chi connectivity index (χ1) is 12.5. The molecule has 0 bridgehead atoms. The monoisotopic (exact) mass is 630 g/mol. The van der Waals surface area contributed by atoms with Gasteiger partial charge in [0.25, 0.3) is 0 Å². The molecule has 0 aromatic heterocycles. The molecule has 0 aliphatic heterocycles. The van der Waals surface area contributed by atoms with Gasteiger partial charge >= 0.3 is 57.5 Å². The van der Waals surface area contributed by atoms with Gasteiger partial charge in [0.2, 0.25) is 0 Å². The summed E-state index contributed by atoms with van der Waals surface area (Å²) in [5, 5.41) is 2.96. The molecular weight excluding hydrogens is 597 g/mol. The Balaban J connectivity index is 0. The van der Waals surface area contributed by atoms with Crippen molar-refractivity contribution >= 4 is 55.2 Å². The van der Waals surface area contributed by atoms with E-state index >= 15 is 0 Å². The van der Waals surface area contributed by atoms with Crippen LogP contribution < -0.4 is 10.6 Å². The first-order valence-corrected chi connectivity index (χ1v) is 16.3. The van der Waals surface area contributed by atoms with Gasteiger partial charge in [0.05, 0.1) is 0 Å². The van der Waals surface area contributed by atoms with Crippen molar-refractivity contribution in [1.82, 2.24) is 0 Å². The fraction of sp³-hybridized carbons (Fsp3) is 0.409. The summed E-state index contributed by atoms with van der Waals surface area (Å²) >= 11 is -1.17. The van der Waals surface area contributed by atoms with Crippen LogP contribution in [0.2, 0.25) is 0 Å². The average Bonchev–Trinajstić information content (AvgIpc) is 2.71. The molecule has 0 N–H and O–H groups in total. The van der Waals surface area contributed by atoms with Crippen molar-refractivity contribution in [3.63, 3.8) is 0 Å². The zero-order valence-corrected chi connectivity index (χ0v) is 23.7. The zero-order valence-electron chi connectivity index (χ0n) is 17.3. The van der Waals surface area contributed by atoms with Crippen molar-refractivity contribution < 1.29 is 21.5 Å². The molecule has 1 aliphatic rings. The van der Waals surface area contributed by atoms with Crippen LogP contribution in [0.3, 0.4) is 0 Å². The van der Waals surface area contributed by atoms with Gasteiger partial charge in [0.1, 0.15) is 0 Å². The third kappa shape index (κ3) is 14.3. The summed E-state index contributed by atoms with van der Waals surface area (Å²) < 4.78 is 11.8. The zero-order chi connectivity index (χ0) is 19.2. The number of hydrogen-bond acceptors (Lipinski definition) is 1. The Morgan fingerprint density at radius 1 is 0.643 bits per heavy atom. The normalized spacial score (nSPS) is 12.4.